The first kappa shape index (κ1) is 67.5. The molecule has 406 valence electrons. The molecular weight excluding hydrogens is 878 g/mol. The van der Waals surface area contributed by atoms with Gasteiger partial charge < -0.3 is 27.9 Å². The smallest absolute Gasteiger partial charge is 0.306 e. The van der Waals surface area contributed by atoms with Crippen molar-refractivity contribution in [3.05, 3.63) is 48.6 Å². The zero-order valence-electron chi connectivity index (χ0n) is 46.3. The molecule has 0 aliphatic carbocycles. The molecule has 0 aromatic heterocycles. The standard InChI is InChI=1S/C60H114NO7P/c1-6-8-10-12-14-16-18-20-22-24-26-28-29-30-31-32-34-36-38-40-42-44-46-48-50-52-55-65-57-59(58-67-69(63,64)66-56-54-61(3,4)5)68-60(62)53-51-49-47-45-43-41-39-37-35-33-27-25-23-21-19-17-15-13-11-9-7-2/h9,11,15,17,21,23,27,33,59H,6-8,10,12-14,16,18-20,22,24-26,28-32,34-58H2,1-5H3/b11-9-,17-15-,23-21-,33-27-. The van der Waals surface area contributed by atoms with E-state index in [2.05, 4.69) is 62.5 Å². The lowest BCUT2D eigenvalue weighted by Crippen LogP contribution is -2.37. The summed E-state index contributed by atoms with van der Waals surface area (Å²) in [4.78, 5) is 25.3. The van der Waals surface area contributed by atoms with E-state index in [0.29, 0.717) is 24.1 Å². The number of nitrogens with zero attached hydrogens (tertiary/aromatic N) is 1. The van der Waals surface area contributed by atoms with Gasteiger partial charge >= 0.3 is 5.97 Å². The van der Waals surface area contributed by atoms with Gasteiger partial charge in [0.25, 0.3) is 7.82 Å². The number of quaternary nitrogens is 1. The molecule has 0 amide bonds. The summed E-state index contributed by atoms with van der Waals surface area (Å²) in [5.41, 5.74) is 0. The second-order valence-electron chi connectivity index (χ2n) is 21.0. The third-order valence-electron chi connectivity index (χ3n) is 12.9. The van der Waals surface area contributed by atoms with E-state index < -0.39 is 13.9 Å². The van der Waals surface area contributed by atoms with Gasteiger partial charge in [-0.05, 0) is 51.4 Å². The van der Waals surface area contributed by atoms with Crippen molar-refractivity contribution >= 4 is 13.8 Å². The first-order chi connectivity index (χ1) is 33.6. The van der Waals surface area contributed by atoms with Crippen molar-refractivity contribution in [2.24, 2.45) is 0 Å². The van der Waals surface area contributed by atoms with Gasteiger partial charge in [-0.1, -0.05) is 262 Å². The van der Waals surface area contributed by atoms with Crippen molar-refractivity contribution in [1.82, 2.24) is 0 Å². The molecule has 69 heavy (non-hydrogen) atoms. The van der Waals surface area contributed by atoms with Crippen LogP contribution in [0.4, 0.5) is 0 Å². The number of unbranched alkanes of at least 4 members (excludes halogenated alkanes) is 33. The Morgan fingerprint density at radius 2 is 0.841 bits per heavy atom. The molecule has 2 atom stereocenters. The molecule has 0 saturated carbocycles. The van der Waals surface area contributed by atoms with Gasteiger partial charge in [0.15, 0.2) is 0 Å². The zero-order valence-corrected chi connectivity index (χ0v) is 47.2. The summed E-state index contributed by atoms with van der Waals surface area (Å²) in [6.45, 7) is 5.34. The molecule has 9 heteroatoms. The van der Waals surface area contributed by atoms with Crippen LogP contribution in [0, 0.1) is 0 Å². The summed E-state index contributed by atoms with van der Waals surface area (Å²) in [5, 5.41) is 0. The Balaban J connectivity index is 4.03. The Bertz CT molecular complexity index is 1240. The van der Waals surface area contributed by atoms with Crippen molar-refractivity contribution in [1.29, 1.82) is 0 Å². The minimum absolute atomic E-state index is 0.0247. The molecule has 0 N–H and O–H groups in total. The van der Waals surface area contributed by atoms with Crippen LogP contribution < -0.4 is 4.89 Å². The fourth-order valence-electron chi connectivity index (χ4n) is 8.42. The number of carbonyl (C=O) groups is 1. The summed E-state index contributed by atoms with van der Waals surface area (Å²) in [6.07, 6.45) is 67.3. The molecule has 0 bridgehead atoms. The molecule has 0 aromatic carbocycles. The van der Waals surface area contributed by atoms with Gasteiger partial charge in [0.05, 0.1) is 34.4 Å². The summed E-state index contributed by atoms with van der Waals surface area (Å²) < 4.78 is 34.9. The number of phosphoric ester groups is 1. The topological polar surface area (TPSA) is 94.1 Å². The third-order valence-corrected chi connectivity index (χ3v) is 13.9. The van der Waals surface area contributed by atoms with Crippen molar-refractivity contribution < 1.29 is 37.3 Å². The predicted octanol–water partition coefficient (Wildman–Crippen LogP) is 18.0. The van der Waals surface area contributed by atoms with E-state index in [4.69, 9.17) is 18.5 Å². The minimum atomic E-state index is -4.54. The third kappa shape index (κ3) is 57.2. The molecule has 0 aliphatic heterocycles. The van der Waals surface area contributed by atoms with Crippen LogP contribution in [0.5, 0.6) is 0 Å². The molecule has 0 fully saturated rings. The molecule has 0 saturated heterocycles. The van der Waals surface area contributed by atoms with Gasteiger partial charge in [-0.15, -0.1) is 0 Å². The van der Waals surface area contributed by atoms with Crippen LogP contribution in [0.15, 0.2) is 48.6 Å². The monoisotopic (exact) mass is 992 g/mol. The summed E-state index contributed by atoms with van der Waals surface area (Å²) in [6, 6.07) is 0. The van der Waals surface area contributed by atoms with Gasteiger partial charge in [0.1, 0.15) is 19.3 Å². The van der Waals surface area contributed by atoms with Gasteiger partial charge in [-0.2, -0.15) is 0 Å². The summed E-state index contributed by atoms with van der Waals surface area (Å²) in [5.74, 6) is -0.338. The molecule has 0 spiro atoms. The van der Waals surface area contributed by atoms with E-state index in [9.17, 15) is 14.3 Å². The van der Waals surface area contributed by atoms with Crippen LogP contribution in [-0.2, 0) is 27.9 Å². The van der Waals surface area contributed by atoms with Crippen LogP contribution in [0.3, 0.4) is 0 Å². The van der Waals surface area contributed by atoms with E-state index >= 15 is 0 Å². The Morgan fingerprint density at radius 1 is 0.464 bits per heavy atom. The molecule has 0 rings (SSSR count). The van der Waals surface area contributed by atoms with Crippen LogP contribution in [-0.4, -0.2) is 70.7 Å². The quantitative estimate of drug-likeness (QED) is 0.0197. The first-order valence-electron chi connectivity index (χ1n) is 29.4. The molecule has 0 aliphatic rings. The number of phosphoric acid groups is 1. The molecule has 2 unspecified atom stereocenters. The molecular formula is C60H114NO7P. The number of carbonyl (C=O) groups excluding carboxylic acids is 1. The Hall–Kier alpha value is -1.54. The van der Waals surface area contributed by atoms with E-state index in [1.165, 1.54) is 186 Å². The first-order valence-corrected chi connectivity index (χ1v) is 30.8. The van der Waals surface area contributed by atoms with Crippen LogP contribution in [0.25, 0.3) is 0 Å². The number of likely N-dealkylation sites (N-methyl/N-ethyl adjacent to an activating group) is 1. The maximum absolute atomic E-state index is 12.8. The van der Waals surface area contributed by atoms with Crippen LogP contribution >= 0.6 is 7.82 Å². The van der Waals surface area contributed by atoms with Gasteiger partial charge in [0, 0.05) is 13.0 Å². The highest BCUT2D eigenvalue weighted by atomic mass is 31.2. The molecule has 0 radical (unpaired) electrons. The second kappa shape index (κ2) is 52.8. The number of hydrogen-bond donors (Lipinski definition) is 0. The average Bonchev–Trinajstić information content (AvgIpc) is 3.31. The Kier molecular flexibility index (Phi) is 51.6. The maximum Gasteiger partial charge on any atom is 0.306 e. The van der Waals surface area contributed by atoms with Crippen LogP contribution in [0.2, 0.25) is 0 Å². The molecule has 8 nitrogen and oxygen atoms in total. The maximum atomic E-state index is 12.8. The largest absolute Gasteiger partial charge is 0.756 e. The SMILES string of the molecule is CC/C=C\C/C=C\C/C=C\C/C=C\CCCCCCCCCCC(=O)OC(COCCCCCCCCCCCCCCCCCCCCCCCCCCCC)COP(=O)([O-])OCC[N+](C)(C)C. The lowest BCUT2D eigenvalue weighted by atomic mass is 10.0. The highest BCUT2D eigenvalue weighted by molar-refractivity contribution is 7.45. The van der Waals surface area contributed by atoms with E-state index in [1.54, 1.807) is 0 Å². The highest BCUT2D eigenvalue weighted by Crippen LogP contribution is 2.38. The van der Waals surface area contributed by atoms with Gasteiger partial charge in [0.2, 0.25) is 0 Å². The summed E-state index contributed by atoms with van der Waals surface area (Å²) >= 11 is 0. The van der Waals surface area contributed by atoms with Gasteiger partial charge in [-0.3, -0.25) is 9.36 Å². The lowest BCUT2D eigenvalue weighted by molar-refractivity contribution is -0.870. The van der Waals surface area contributed by atoms with Crippen molar-refractivity contribution in [3.63, 3.8) is 0 Å². The Labute approximate surface area is 428 Å². The summed E-state index contributed by atoms with van der Waals surface area (Å²) in [7, 11) is 1.36. The van der Waals surface area contributed by atoms with Crippen molar-refractivity contribution in [3.8, 4) is 0 Å². The average molecular weight is 993 g/mol. The van der Waals surface area contributed by atoms with Crippen LogP contribution in [0.1, 0.15) is 271 Å². The normalized spacial score (nSPS) is 13.8. The van der Waals surface area contributed by atoms with Crippen molar-refractivity contribution in [2.75, 3.05) is 54.1 Å². The number of ether oxygens (including phenoxy) is 2. The number of esters is 1. The van der Waals surface area contributed by atoms with Crippen molar-refractivity contribution in [2.45, 2.75) is 277 Å². The minimum Gasteiger partial charge on any atom is -0.756 e. The number of hydrogen-bond acceptors (Lipinski definition) is 7. The fourth-order valence-corrected chi connectivity index (χ4v) is 9.15. The Morgan fingerprint density at radius 3 is 1.26 bits per heavy atom. The van der Waals surface area contributed by atoms with E-state index in [1.807, 2.05) is 21.1 Å². The number of rotatable bonds is 55. The number of allylic oxidation sites excluding steroid dienone is 8. The predicted molar refractivity (Wildman–Crippen MR) is 296 cm³/mol. The fraction of sp³-hybridized carbons (Fsp3) is 0.850. The zero-order chi connectivity index (χ0) is 50.5. The molecule has 0 aromatic rings. The second-order valence-corrected chi connectivity index (χ2v) is 22.4. The molecule has 0 heterocycles. The van der Waals surface area contributed by atoms with E-state index in [0.717, 1.165) is 64.2 Å². The van der Waals surface area contributed by atoms with E-state index in [-0.39, 0.29) is 25.8 Å². The van der Waals surface area contributed by atoms with Gasteiger partial charge in [-0.25, -0.2) is 0 Å². The highest BCUT2D eigenvalue weighted by Gasteiger charge is 2.20. The lowest BCUT2D eigenvalue weighted by Gasteiger charge is -2.28.